The third kappa shape index (κ3) is 3.70. The van der Waals surface area contributed by atoms with Crippen molar-refractivity contribution in [2.45, 2.75) is 13.5 Å². The van der Waals surface area contributed by atoms with E-state index in [2.05, 4.69) is 15.5 Å². The van der Waals surface area contributed by atoms with Crippen LogP contribution in [0, 0.1) is 6.92 Å². The molecule has 1 aromatic heterocycles. The fourth-order valence-corrected chi connectivity index (χ4v) is 2.52. The van der Waals surface area contributed by atoms with Crippen LogP contribution in [0.15, 0.2) is 40.9 Å². The number of hydrogen-bond donors (Lipinski definition) is 1. The van der Waals surface area contributed by atoms with Gasteiger partial charge in [-0.2, -0.15) is 4.98 Å². The van der Waals surface area contributed by atoms with E-state index in [1.54, 1.807) is 25.1 Å². The predicted octanol–water partition coefficient (Wildman–Crippen LogP) is 4.86. The molecule has 124 valence electrons. The highest BCUT2D eigenvalue weighted by molar-refractivity contribution is 6.42. The molecule has 0 saturated carbocycles. The Balaban J connectivity index is 1.93. The average Bonchev–Trinajstić information content (AvgIpc) is 2.99. The van der Waals surface area contributed by atoms with Crippen LogP contribution in [0.2, 0.25) is 10.0 Å². The molecule has 0 bridgehead atoms. The van der Waals surface area contributed by atoms with Gasteiger partial charge in [-0.25, -0.2) is 0 Å². The summed E-state index contributed by atoms with van der Waals surface area (Å²) in [7, 11) is 1.87. The van der Waals surface area contributed by atoms with E-state index in [1.165, 1.54) is 0 Å². The summed E-state index contributed by atoms with van der Waals surface area (Å²) in [6, 6.07) is 10.9. The fourth-order valence-electron chi connectivity index (χ4n) is 2.23. The lowest BCUT2D eigenvalue weighted by molar-refractivity contribution is 0.394. The first-order valence-corrected chi connectivity index (χ1v) is 8.03. The topological polar surface area (TPSA) is 60.2 Å². The van der Waals surface area contributed by atoms with Gasteiger partial charge >= 0.3 is 0 Å². The quantitative estimate of drug-likeness (QED) is 0.700. The minimum absolute atomic E-state index is 0.447. The number of hydrogen-bond acceptors (Lipinski definition) is 5. The van der Waals surface area contributed by atoms with Gasteiger partial charge in [0.15, 0.2) is 0 Å². The summed E-state index contributed by atoms with van der Waals surface area (Å²) in [6.07, 6.45) is 0. The van der Waals surface area contributed by atoms with E-state index in [-0.39, 0.29) is 0 Å². The molecule has 2 aromatic carbocycles. The minimum atomic E-state index is 0.447. The Morgan fingerprint density at radius 1 is 1.12 bits per heavy atom. The number of benzene rings is 2. The van der Waals surface area contributed by atoms with Crippen molar-refractivity contribution < 1.29 is 9.26 Å². The molecule has 3 aromatic rings. The van der Waals surface area contributed by atoms with Crippen LogP contribution in [0.4, 0.5) is 0 Å². The maximum atomic E-state index is 6.04. The molecule has 3 rings (SSSR count). The molecule has 24 heavy (non-hydrogen) atoms. The summed E-state index contributed by atoms with van der Waals surface area (Å²) in [5.41, 5.74) is 1.82. The first kappa shape index (κ1) is 16.8. The van der Waals surface area contributed by atoms with Gasteiger partial charge in [0, 0.05) is 30.7 Å². The number of nitrogens with zero attached hydrogens (tertiary/aromatic N) is 2. The van der Waals surface area contributed by atoms with Crippen LogP contribution in [-0.4, -0.2) is 17.2 Å². The SMILES string of the molecule is CNCc1cc(-c2noc(C)n2)ccc1Oc1ccc(Cl)c(Cl)c1. The van der Waals surface area contributed by atoms with Crippen LogP contribution < -0.4 is 10.1 Å². The molecule has 1 heterocycles. The summed E-state index contributed by atoms with van der Waals surface area (Å²) in [5.74, 6) is 2.40. The first-order chi connectivity index (χ1) is 11.6. The number of rotatable bonds is 5. The van der Waals surface area contributed by atoms with E-state index >= 15 is 0 Å². The van der Waals surface area contributed by atoms with Gasteiger partial charge in [0.1, 0.15) is 11.5 Å². The molecule has 0 saturated heterocycles. The first-order valence-electron chi connectivity index (χ1n) is 7.28. The molecular weight excluding hydrogens is 349 g/mol. The van der Waals surface area contributed by atoms with Gasteiger partial charge in [-0.3, -0.25) is 0 Å². The second-order valence-electron chi connectivity index (χ2n) is 5.17. The van der Waals surface area contributed by atoms with Gasteiger partial charge in [0.2, 0.25) is 11.7 Å². The molecule has 0 atom stereocenters. The van der Waals surface area contributed by atoms with Crippen molar-refractivity contribution in [2.24, 2.45) is 0 Å². The predicted molar refractivity (Wildman–Crippen MR) is 93.8 cm³/mol. The van der Waals surface area contributed by atoms with E-state index in [0.717, 1.165) is 11.1 Å². The van der Waals surface area contributed by atoms with Crippen LogP contribution in [0.3, 0.4) is 0 Å². The maximum absolute atomic E-state index is 6.04. The zero-order valence-corrected chi connectivity index (χ0v) is 14.6. The Kier molecular flexibility index (Phi) is 5.04. The van der Waals surface area contributed by atoms with E-state index < -0.39 is 0 Å². The van der Waals surface area contributed by atoms with E-state index in [9.17, 15) is 0 Å². The molecule has 0 radical (unpaired) electrons. The molecule has 0 unspecified atom stereocenters. The van der Waals surface area contributed by atoms with Gasteiger partial charge in [0.05, 0.1) is 10.0 Å². The molecule has 0 aliphatic rings. The lowest BCUT2D eigenvalue weighted by Gasteiger charge is -2.12. The zero-order chi connectivity index (χ0) is 17.1. The summed E-state index contributed by atoms with van der Waals surface area (Å²) < 4.78 is 11.0. The third-order valence-electron chi connectivity index (χ3n) is 3.33. The number of nitrogens with one attached hydrogen (secondary N) is 1. The smallest absolute Gasteiger partial charge is 0.223 e. The number of halogens is 2. The summed E-state index contributed by atoms with van der Waals surface area (Å²) in [4.78, 5) is 4.25. The van der Waals surface area contributed by atoms with Crippen molar-refractivity contribution >= 4 is 23.2 Å². The van der Waals surface area contributed by atoms with Crippen molar-refractivity contribution in [2.75, 3.05) is 7.05 Å². The lowest BCUT2D eigenvalue weighted by Crippen LogP contribution is -2.06. The largest absolute Gasteiger partial charge is 0.457 e. The van der Waals surface area contributed by atoms with Crippen LogP contribution in [0.25, 0.3) is 11.4 Å². The van der Waals surface area contributed by atoms with E-state index in [0.29, 0.717) is 39.8 Å². The van der Waals surface area contributed by atoms with Gasteiger partial charge in [-0.05, 0) is 37.4 Å². The molecule has 1 N–H and O–H groups in total. The number of aryl methyl sites for hydroxylation is 1. The molecule has 0 aliphatic carbocycles. The van der Waals surface area contributed by atoms with Crippen molar-refractivity contribution in [3.05, 3.63) is 57.9 Å². The van der Waals surface area contributed by atoms with Crippen molar-refractivity contribution in [3.8, 4) is 22.9 Å². The fraction of sp³-hybridized carbons (Fsp3) is 0.176. The van der Waals surface area contributed by atoms with Crippen molar-refractivity contribution in [3.63, 3.8) is 0 Å². The van der Waals surface area contributed by atoms with Crippen molar-refractivity contribution in [1.82, 2.24) is 15.5 Å². The zero-order valence-electron chi connectivity index (χ0n) is 13.1. The van der Waals surface area contributed by atoms with Crippen molar-refractivity contribution in [1.29, 1.82) is 0 Å². The Bertz CT molecular complexity index is 865. The monoisotopic (exact) mass is 363 g/mol. The number of ether oxygens (including phenoxy) is 1. The molecule has 0 spiro atoms. The van der Waals surface area contributed by atoms with E-state index in [1.807, 2.05) is 25.2 Å². The Labute approximate surface area is 149 Å². The van der Waals surface area contributed by atoms with Gasteiger partial charge in [-0.15, -0.1) is 0 Å². The molecule has 0 amide bonds. The third-order valence-corrected chi connectivity index (χ3v) is 4.07. The highest BCUT2D eigenvalue weighted by Crippen LogP contribution is 2.32. The molecule has 5 nitrogen and oxygen atoms in total. The molecular formula is C17H15Cl2N3O2. The van der Waals surface area contributed by atoms with Crippen LogP contribution in [-0.2, 0) is 6.54 Å². The Morgan fingerprint density at radius 3 is 2.62 bits per heavy atom. The standard InChI is InChI=1S/C17H15Cl2N3O2/c1-10-21-17(22-24-10)11-3-6-16(12(7-11)9-20-2)23-13-4-5-14(18)15(19)8-13/h3-8,20H,9H2,1-2H3. The highest BCUT2D eigenvalue weighted by atomic mass is 35.5. The van der Waals surface area contributed by atoms with Gasteiger partial charge in [0.25, 0.3) is 0 Å². The normalized spacial score (nSPS) is 10.8. The Hall–Kier alpha value is -2.08. The molecule has 0 fully saturated rings. The number of aromatic nitrogens is 2. The summed E-state index contributed by atoms with van der Waals surface area (Å²) in [5, 5.41) is 8.00. The second kappa shape index (κ2) is 7.21. The van der Waals surface area contributed by atoms with Crippen LogP contribution in [0.5, 0.6) is 11.5 Å². The molecule has 7 heteroatoms. The summed E-state index contributed by atoms with van der Waals surface area (Å²) >= 11 is 12.0. The van der Waals surface area contributed by atoms with Crippen LogP contribution >= 0.6 is 23.2 Å². The van der Waals surface area contributed by atoms with Gasteiger partial charge < -0.3 is 14.6 Å². The minimum Gasteiger partial charge on any atom is -0.457 e. The highest BCUT2D eigenvalue weighted by Gasteiger charge is 2.11. The average molecular weight is 364 g/mol. The van der Waals surface area contributed by atoms with E-state index in [4.69, 9.17) is 32.5 Å². The second-order valence-corrected chi connectivity index (χ2v) is 5.98. The lowest BCUT2D eigenvalue weighted by atomic mass is 10.1. The maximum Gasteiger partial charge on any atom is 0.223 e. The van der Waals surface area contributed by atoms with Gasteiger partial charge in [-0.1, -0.05) is 28.4 Å². The van der Waals surface area contributed by atoms with Crippen LogP contribution in [0.1, 0.15) is 11.5 Å². The summed E-state index contributed by atoms with van der Waals surface area (Å²) in [6.45, 7) is 2.38. The Morgan fingerprint density at radius 2 is 1.96 bits per heavy atom. The molecule has 0 aliphatic heterocycles.